The van der Waals surface area contributed by atoms with Crippen molar-refractivity contribution in [1.29, 1.82) is 0 Å². The van der Waals surface area contributed by atoms with Crippen LogP contribution in [0.25, 0.3) is 10.6 Å². The second-order valence-electron chi connectivity index (χ2n) is 7.59. The predicted molar refractivity (Wildman–Crippen MR) is 125 cm³/mol. The molecular formula is C22H23N5O4S2. The molecule has 1 aliphatic rings. The molecule has 2 atom stereocenters. The van der Waals surface area contributed by atoms with E-state index in [0.717, 1.165) is 16.3 Å². The van der Waals surface area contributed by atoms with Crippen LogP contribution in [0.4, 0.5) is 0 Å². The third kappa shape index (κ3) is 6.36. The largest absolute Gasteiger partial charge is 0.347 e. The second-order valence-corrected chi connectivity index (χ2v) is 9.19. The quantitative estimate of drug-likeness (QED) is 0.398. The van der Waals surface area contributed by atoms with Crippen molar-refractivity contribution < 1.29 is 17.7 Å². The zero-order chi connectivity index (χ0) is 23.2. The average Bonchev–Trinajstić information content (AvgIpc) is 3.44. The van der Waals surface area contributed by atoms with Crippen molar-refractivity contribution in [2.45, 2.75) is 32.2 Å². The number of thiol groups is 1. The number of aryl methyl sites for hydroxylation is 1. The molecule has 0 saturated heterocycles. The Bertz CT molecular complexity index is 1240. The number of hydrogen-bond donors (Lipinski definition) is 3. The molecule has 0 aliphatic heterocycles. The van der Waals surface area contributed by atoms with Gasteiger partial charge in [-0.15, -0.1) is 11.3 Å². The Labute approximate surface area is 196 Å². The van der Waals surface area contributed by atoms with Crippen LogP contribution in [-0.2, 0) is 22.1 Å². The fourth-order valence-corrected chi connectivity index (χ4v) is 4.79. The lowest BCUT2D eigenvalue weighted by Gasteiger charge is -2.22. The molecule has 2 N–H and O–H groups in total. The van der Waals surface area contributed by atoms with Gasteiger partial charge in [-0.1, -0.05) is 47.6 Å². The molecule has 11 heteroatoms. The van der Waals surface area contributed by atoms with Crippen LogP contribution in [0, 0.1) is 12.8 Å². The van der Waals surface area contributed by atoms with Crippen LogP contribution in [0.5, 0.6) is 0 Å². The van der Waals surface area contributed by atoms with E-state index in [9.17, 15) is 13.2 Å². The monoisotopic (exact) mass is 485 g/mol. The molecule has 172 valence electrons. The molecule has 1 aromatic carbocycles. The number of benzene rings is 1. The summed E-state index contributed by atoms with van der Waals surface area (Å²) in [6, 6.07) is 9.54. The molecule has 9 nitrogen and oxygen atoms in total. The van der Waals surface area contributed by atoms with E-state index in [1.54, 1.807) is 13.0 Å². The van der Waals surface area contributed by atoms with Gasteiger partial charge in [-0.2, -0.15) is 4.98 Å². The van der Waals surface area contributed by atoms with E-state index in [-0.39, 0.29) is 30.2 Å². The molecule has 1 aliphatic carbocycles. The minimum Gasteiger partial charge on any atom is -0.347 e. The van der Waals surface area contributed by atoms with E-state index >= 15 is 0 Å². The van der Waals surface area contributed by atoms with Gasteiger partial charge in [0.15, 0.2) is 5.82 Å². The summed E-state index contributed by atoms with van der Waals surface area (Å²) in [6.07, 6.45) is 6.77. The molecule has 0 saturated carbocycles. The average molecular weight is 486 g/mol. The zero-order valence-corrected chi connectivity index (χ0v) is 19.5. The lowest BCUT2D eigenvalue weighted by Crippen LogP contribution is -2.31. The number of allylic oxidation sites excluding steroid dienone is 3. The van der Waals surface area contributed by atoms with Gasteiger partial charge in [-0.3, -0.25) is 9.52 Å². The van der Waals surface area contributed by atoms with Crippen molar-refractivity contribution >= 4 is 28.1 Å². The summed E-state index contributed by atoms with van der Waals surface area (Å²) in [4.78, 5) is 21.6. The SMILES string of the molecule is Cc1noc(CC(=O)N[C@@H](CC2C=CC(N[SH](=O)=O)=CC2)c2csc(-c3ccccc3)n2)n1. The van der Waals surface area contributed by atoms with Gasteiger partial charge in [0.25, 0.3) is 0 Å². The minimum atomic E-state index is -2.70. The molecule has 4 rings (SSSR count). The molecule has 0 bridgehead atoms. The van der Waals surface area contributed by atoms with E-state index in [0.29, 0.717) is 24.4 Å². The summed E-state index contributed by atoms with van der Waals surface area (Å²) in [6.45, 7) is 1.70. The van der Waals surface area contributed by atoms with Crippen LogP contribution in [0.3, 0.4) is 0 Å². The Hall–Kier alpha value is -3.31. The summed E-state index contributed by atoms with van der Waals surface area (Å²) in [7, 11) is -2.70. The van der Waals surface area contributed by atoms with Crippen LogP contribution in [0.2, 0.25) is 0 Å². The normalized spacial score (nSPS) is 16.4. The van der Waals surface area contributed by atoms with Gasteiger partial charge in [0, 0.05) is 16.6 Å². The summed E-state index contributed by atoms with van der Waals surface area (Å²) in [5.41, 5.74) is 2.34. The molecule has 3 aromatic rings. The first-order valence-corrected chi connectivity index (χ1v) is 12.4. The predicted octanol–water partition coefficient (Wildman–Crippen LogP) is 2.87. The van der Waals surface area contributed by atoms with Gasteiger partial charge < -0.3 is 9.84 Å². The standard InChI is InChI=1S/C22H23N5O4S2/c1-14-23-21(31-26-14)12-20(28)24-18(11-15-7-9-17(10-8-15)27-33(29)30)19-13-32-22(25-19)16-5-3-2-4-6-16/h2-7,9-10,13,15,18,33H,8,11-12H2,1H3,(H,24,28)(H,27,29,30)/t15?,18-/m0/s1. The molecule has 1 amide bonds. The Morgan fingerprint density at radius 1 is 1.27 bits per heavy atom. The first kappa shape index (κ1) is 22.9. The van der Waals surface area contributed by atoms with Crippen molar-refractivity contribution in [1.82, 2.24) is 25.2 Å². The highest BCUT2D eigenvalue weighted by Gasteiger charge is 2.23. The van der Waals surface area contributed by atoms with Crippen molar-refractivity contribution in [3.8, 4) is 10.6 Å². The molecule has 0 fully saturated rings. The van der Waals surface area contributed by atoms with Crippen molar-refractivity contribution in [3.63, 3.8) is 0 Å². The van der Waals surface area contributed by atoms with Crippen molar-refractivity contribution in [2.24, 2.45) is 5.92 Å². The second kappa shape index (κ2) is 10.5. The van der Waals surface area contributed by atoms with Gasteiger partial charge in [0.05, 0.1) is 11.7 Å². The number of carbonyl (C=O) groups is 1. The third-order valence-electron chi connectivity index (χ3n) is 5.06. The lowest BCUT2D eigenvalue weighted by molar-refractivity contribution is -0.121. The van der Waals surface area contributed by atoms with Gasteiger partial charge in [-0.25, -0.2) is 13.4 Å². The number of aromatic nitrogens is 3. The van der Waals surface area contributed by atoms with Crippen LogP contribution in [0.15, 0.2) is 64.2 Å². The van der Waals surface area contributed by atoms with Gasteiger partial charge in [-0.05, 0) is 31.8 Å². The van der Waals surface area contributed by atoms with Crippen LogP contribution in [0.1, 0.15) is 36.3 Å². The molecule has 1 unspecified atom stereocenters. The summed E-state index contributed by atoms with van der Waals surface area (Å²) in [5.74, 6) is 0.608. The lowest BCUT2D eigenvalue weighted by atomic mass is 9.91. The maximum atomic E-state index is 12.7. The summed E-state index contributed by atoms with van der Waals surface area (Å²) < 4.78 is 29.2. The Kier molecular flexibility index (Phi) is 7.30. The number of hydrogen-bond acceptors (Lipinski definition) is 8. The van der Waals surface area contributed by atoms with Crippen LogP contribution < -0.4 is 10.0 Å². The first-order valence-electron chi connectivity index (χ1n) is 10.3. The van der Waals surface area contributed by atoms with E-state index in [1.165, 1.54) is 11.3 Å². The highest BCUT2D eigenvalue weighted by atomic mass is 32.2. The Morgan fingerprint density at radius 3 is 2.76 bits per heavy atom. The number of amides is 1. The Balaban J connectivity index is 1.50. The number of rotatable bonds is 9. The highest BCUT2D eigenvalue weighted by Crippen LogP contribution is 2.31. The minimum absolute atomic E-state index is 0.0158. The molecule has 2 aromatic heterocycles. The number of carbonyl (C=O) groups excluding carboxylic acids is 1. The third-order valence-corrected chi connectivity index (χ3v) is 6.41. The van der Waals surface area contributed by atoms with Crippen molar-refractivity contribution in [3.05, 3.63) is 77.0 Å². The molecular weight excluding hydrogens is 462 g/mol. The maximum Gasteiger partial charge on any atom is 0.236 e. The van der Waals surface area contributed by atoms with Crippen molar-refractivity contribution in [2.75, 3.05) is 0 Å². The molecule has 0 radical (unpaired) electrons. The van der Waals surface area contributed by atoms with E-state index in [1.807, 2.05) is 47.9 Å². The van der Waals surface area contributed by atoms with E-state index < -0.39 is 10.9 Å². The number of nitrogens with zero attached hydrogens (tertiary/aromatic N) is 3. The fraction of sp³-hybridized carbons (Fsp3) is 0.273. The topological polar surface area (TPSA) is 127 Å². The number of nitrogens with one attached hydrogen (secondary N) is 2. The first-order chi connectivity index (χ1) is 16.0. The van der Waals surface area contributed by atoms with E-state index in [4.69, 9.17) is 9.51 Å². The smallest absolute Gasteiger partial charge is 0.236 e. The van der Waals surface area contributed by atoms with Gasteiger partial charge >= 0.3 is 0 Å². The molecule has 0 spiro atoms. The molecule has 2 heterocycles. The Morgan fingerprint density at radius 2 is 2.09 bits per heavy atom. The molecule has 33 heavy (non-hydrogen) atoms. The highest BCUT2D eigenvalue weighted by molar-refractivity contribution is 7.70. The zero-order valence-electron chi connectivity index (χ0n) is 17.8. The van der Waals surface area contributed by atoms with E-state index in [2.05, 4.69) is 20.2 Å². The van der Waals surface area contributed by atoms with Crippen LogP contribution >= 0.6 is 11.3 Å². The summed E-state index contributed by atoms with van der Waals surface area (Å²) in [5, 5.41) is 9.62. The maximum absolute atomic E-state index is 12.7. The van der Waals surface area contributed by atoms with Crippen LogP contribution in [-0.4, -0.2) is 29.4 Å². The van der Waals surface area contributed by atoms with Gasteiger partial charge in [0.2, 0.25) is 22.7 Å². The van der Waals surface area contributed by atoms with Gasteiger partial charge in [0.1, 0.15) is 11.4 Å². The number of thiazole rings is 1. The fourth-order valence-electron chi connectivity index (χ4n) is 3.54. The summed E-state index contributed by atoms with van der Waals surface area (Å²) >= 11 is 1.52.